The zero-order valence-electron chi connectivity index (χ0n) is 20.8. The van der Waals surface area contributed by atoms with Gasteiger partial charge in [-0.05, 0) is 34.7 Å². The molecule has 0 atom stereocenters. The summed E-state index contributed by atoms with van der Waals surface area (Å²) >= 11 is 1.55. The summed E-state index contributed by atoms with van der Waals surface area (Å²) in [5.41, 5.74) is 3.02. The van der Waals surface area contributed by atoms with Crippen LogP contribution in [0.3, 0.4) is 0 Å². The Labute approximate surface area is 222 Å². The van der Waals surface area contributed by atoms with E-state index in [1.807, 2.05) is 18.3 Å². The number of nitrogens with one attached hydrogen (secondary N) is 1. The van der Waals surface area contributed by atoms with Crippen LogP contribution in [-0.4, -0.2) is 10.9 Å². The maximum Gasteiger partial charge on any atom is 0.233 e. The number of benzene rings is 4. The lowest BCUT2D eigenvalue weighted by Crippen LogP contribution is -2.43. The number of carbonyl (C=O) groups excluding carboxylic acids is 1. The highest BCUT2D eigenvalue weighted by atomic mass is 32.1. The SMILES string of the molecule is O=C(Nc1ncc(-c2cccc3ccccc23)s1)C1(C(c2ccccc2)c2ccccc2)CCCCC1. The Kier molecular flexibility index (Phi) is 6.58. The highest BCUT2D eigenvalue weighted by molar-refractivity contribution is 7.19. The van der Waals surface area contributed by atoms with Gasteiger partial charge in [-0.1, -0.05) is 134 Å². The Morgan fingerprint density at radius 2 is 1.38 bits per heavy atom. The van der Waals surface area contributed by atoms with E-state index in [9.17, 15) is 4.79 Å². The summed E-state index contributed by atoms with van der Waals surface area (Å²) < 4.78 is 0. The topological polar surface area (TPSA) is 42.0 Å². The van der Waals surface area contributed by atoms with E-state index in [0.29, 0.717) is 5.13 Å². The third kappa shape index (κ3) is 4.58. The Balaban J connectivity index is 1.37. The molecule has 0 spiro atoms. The van der Waals surface area contributed by atoms with Gasteiger partial charge >= 0.3 is 0 Å². The Hall–Kier alpha value is -3.76. The highest BCUT2D eigenvalue weighted by Crippen LogP contribution is 2.51. The molecule has 5 aromatic rings. The second kappa shape index (κ2) is 10.3. The number of hydrogen-bond donors (Lipinski definition) is 1. The van der Waals surface area contributed by atoms with Gasteiger partial charge < -0.3 is 5.32 Å². The third-order valence-electron chi connectivity index (χ3n) is 7.80. The van der Waals surface area contributed by atoms with Gasteiger partial charge in [0.1, 0.15) is 0 Å². The van der Waals surface area contributed by atoms with Crippen molar-refractivity contribution in [3.63, 3.8) is 0 Å². The van der Waals surface area contributed by atoms with Crippen LogP contribution in [0.25, 0.3) is 21.2 Å². The standard InChI is InChI=1S/C33H30N2OS/c36-31(35-32-34-23-29(37-32)28-20-12-18-24-13-8-9-19-27(24)28)33(21-10-3-11-22-33)30(25-14-4-1-5-15-25)26-16-6-2-7-17-26/h1-2,4-9,12-20,23,30H,3,10-11,21-22H2,(H,34,35,36). The van der Waals surface area contributed by atoms with E-state index >= 15 is 0 Å². The summed E-state index contributed by atoms with van der Waals surface area (Å²) in [5.74, 6) is 0.0800. The third-order valence-corrected chi connectivity index (χ3v) is 8.74. The molecule has 1 aliphatic carbocycles. The monoisotopic (exact) mass is 502 g/mol. The van der Waals surface area contributed by atoms with Gasteiger partial charge in [0.2, 0.25) is 5.91 Å². The van der Waals surface area contributed by atoms with E-state index in [4.69, 9.17) is 0 Å². The van der Waals surface area contributed by atoms with Crippen LogP contribution in [-0.2, 0) is 4.79 Å². The number of aromatic nitrogens is 1. The van der Waals surface area contributed by atoms with Crippen LogP contribution in [0.1, 0.15) is 49.1 Å². The van der Waals surface area contributed by atoms with Crippen molar-refractivity contribution < 1.29 is 4.79 Å². The zero-order valence-corrected chi connectivity index (χ0v) is 21.6. The van der Waals surface area contributed by atoms with Crippen molar-refractivity contribution in [1.82, 2.24) is 4.98 Å². The van der Waals surface area contributed by atoms with Gasteiger partial charge in [0.25, 0.3) is 0 Å². The smallest absolute Gasteiger partial charge is 0.233 e. The molecule has 4 heteroatoms. The molecule has 1 saturated carbocycles. The molecule has 0 bridgehead atoms. The fourth-order valence-corrected chi connectivity index (χ4v) is 6.92. The van der Waals surface area contributed by atoms with Crippen LogP contribution < -0.4 is 5.32 Å². The normalized spacial score (nSPS) is 15.1. The van der Waals surface area contributed by atoms with Crippen molar-refractivity contribution in [2.75, 3.05) is 5.32 Å². The molecular formula is C33H30N2OS. The average molecular weight is 503 g/mol. The molecule has 3 nitrogen and oxygen atoms in total. The number of fused-ring (bicyclic) bond motifs is 1. The minimum Gasteiger partial charge on any atom is -0.301 e. The number of rotatable bonds is 6. The maximum atomic E-state index is 14.3. The molecule has 1 aliphatic rings. The maximum absolute atomic E-state index is 14.3. The number of thiazole rings is 1. The predicted octanol–water partition coefficient (Wildman–Crippen LogP) is 8.68. The zero-order chi connectivity index (χ0) is 25.1. The number of nitrogens with zero attached hydrogens (tertiary/aromatic N) is 1. The van der Waals surface area contributed by atoms with Gasteiger partial charge in [0.15, 0.2) is 5.13 Å². The van der Waals surface area contributed by atoms with Crippen molar-refractivity contribution >= 4 is 33.1 Å². The molecule has 1 N–H and O–H groups in total. The Morgan fingerprint density at radius 1 is 0.757 bits per heavy atom. The number of amides is 1. The first-order valence-corrected chi connectivity index (χ1v) is 13.9. The van der Waals surface area contributed by atoms with Crippen LogP contribution in [0, 0.1) is 5.41 Å². The van der Waals surface area contributed by atoms with Gasteiger partial charge in [-0.2, -0.15) is 0 Å². The fourth-order valence-electron chi connectivity index (χ4n) is 6.07. The number of hydrogen-bond acceptors (Lipinski definition) is 3. The van der Waals surface area contributed by atoms with Crippen molar-refractivity contribution in [2.24, 2.45) is 5.41 Å². The van der Waals surface area contributed by atoms with Crippen LogP contribution in [0.2, 0.25) is 0 Å². The lowest BCUT2D eigenvalue weighted by atomic mass is 9.61. The first kappa shape index (κ1) is 23.6. The molecule has 4 aromatic carbocycles. The molecule has 0 saturated heterocycles. The van der Waals surface area contributed by atoms with Crippen molar-refractivity contribution in [2.45, 2.75) is 38.0 Å². The second-order valence-electron chi connectivity index (χ2n) is 9.98. The molecular weight excluding hydrogens is 472 g/mol. The van der Waals surface area contributed by atoms with Crippen LogP contribution in [0.15, 0.2) is 109 Å². The Morgan fingerprint density at radius 3 is 2.08 bits per heavy atom. The van der Waals surface area contributed by atoms with Gasteiger partial charge in [0.05, 0.1) is 10.3 Å². The van der Waals surface area contributed by atoms with Gasteiger partial charge in [-0.15, -0.1) is 0 Å². The summed E-state index contributed by atoms with van der Waals surface area (Å²) in [5, 5.41) is 6.34. The van der Waals surface area contributed by atoms with E-state index in [1.54, 1.807) is 11.3 Å². The minimum atomic E-state index is -0.522. The summed E-state index contributed by atoms with van der Waals surface area (Å²) in [7, 11) is 0. The quantitative estimate of drug-likeness (QED) is 0.252. The largest absolute Gasteiger partial charge is 0.301 e. The number of anilines is 1. The summed E-state index contributed by atoms with van der Waals surface area (Å²) in [4.78, 5) is 20.0. The van der Waals surface area contributed by atoms with Gasteiger partial charge in [0, 0.05) is 17.7 Å². The summed E-state index contributed by atoms with van der Waals surface area (Å²) in [6.45, 7) is 0. The molecule has 184 valence electrons. The second-order valence-corrected chi connectivity index (χ2v) is 11.0. The lowest BCUT2D eigenvalue weighted by Gasteiger charge is -2.42. The van der Waals surface area contributed by atoms with Crippen molar-refractivity contribution in [1.29, 1.82) is 0 Å². The summed E-state index contributed by atoms with van der Waals surface area (Å²) in [6, 6.07) is 35.8. The van der Waals surface area contributed by atoms with Gasteiger partial charge in [-0.3, -0.25) is 4.79 Å². The first-order chi connectivity index (χ1) is 18.2. The van der Waals surface area contributed by atoms with E-state index < -0.39 is 5.41 Å². The number of carbonyl (C=O) groups is 1. The highest BCUT2D eigenvalue weighted by Gasteiger charge is 2.47. The van der Waals surface area contributed by atoms with Crippen molar-refractivity contribution in [3.05, 3.63) is 120 Å². The molecule has 0 unspecified atom stereocenters. The lowest BCUT2D eigenvalue weighted by molar-refractivity contribution is -0.128. The van der Waals surface area contributed by atoms with E-state index in [0.717, 1.165) is 36.1 Å². The first-order valence-electron chi connectivity index (χ1n) is 13.1. The van der Waals surface area contributed by atoms with Crippen LogP contribution >= 0.6 is 11.3 Å². The van der Waals surface area contributed by atoms with E-state index in [1.165, 1.54) is 28.3 Å². The van der Waals surface area contributed by atoms with Crippen LogP contribution in [0.5, 0.6) is 0 Å². The average Bonchev–Trinajstić information content (AvgIpc) is 3.43. The minimum absolute atomic E-state index is 0.00676. The molecule has 1 amide bonds. The molecule has 1 heterocycles. The molecule has 0 aliphatic heterocycles. The Bertz CT molecular complexity index is 1460. The fraction of sp³-hybridized carbons (Fsp3) is 0.212. The van der Waals surface area contributed by atoms with E-state index in [-0.39, 0.29) is 11.8 Å². The molecule has 6 rings (SSSR count). The van der Waals surface area contributed by atoms with Gasteiger partial charge in [-0.25, -0.2) is 4.98 Å². The van der Waals surface area contributed by atoms with Crippen molar-refractivity contribution in [3.8, 4) is 10.4 Å². The molecule has 37 heavy (non-hydrogen) atoms. The molecule has 1 aromatic heterocycles. The van der Waals surface area contributed by atoms with E-state index in [2.05, 4.69) is 101 Å². The van der Waals surface area contributed by atoms with Crippen LogP contribution in [0.4, 0.5) is 5.13 Å². The summed E-state index contributed by atoms with van der Waals surface area (Å²) in [6.07, 6.45) is 6.92. The molecule has 1 fully saturated rings. The molecule has 0 radical (unpaired) electrons. The predicted molar refractivity (Wildman–Crippen MR) is 154 cm³/mol.